The Morgan fingerprint density at radius 3 is 2.69 bits per heavy atom. The van der Waals surface area contributed by atoms with Crippen LogP contribution in [0.25, 0.3) is 0 Å². The van der Waals surface area contributed by atoms with Crippen molar-refractivity contribution in [2.75, 3.05) is 5.32 Å². The highest BCUT2D eigenvalue weighted by Crippen LogP contribution is 2.30. The van der Waals surface area contributed by atoms with Crippen LogP contribution in [-0.4, -0.2) is 20.9 Å². The van der Waals surface area contributed by atoms with Crippen LogP contribution in [0.3, 0.4) is 0 Å². The summed E-state index contributed by atoms with van der Waals surface area (Å²) in [5, 5.41) is 13.9. The third-order valence-electron chi connectivity index (χ3n) is 2.66. The lowest BCUT2D eigenvalue weighted by Gasteiger charge is -2.26. The summed E-state index contributed by atoms with van der Waals surface area (Å²) in [5.74, 6) is 0.229. The van der Waals surface area contributed by atoms with Crippen molar-refractivity contribution in [3.8, 4) is 0 Å². The van der Waals surface area contributed by atoms with E-state index >= 15 is 0 Å². The van der Waals surface area contributed by atoms with Crippen molar-refractivity contribution >= 4 is 23.1 Å². The van der Waals surface area contributed by atoms with Crippen molar-refractivity contribution in [3.63, 3.8) is 0 Å². The summed E-state index contributed by atoms with van der Waals surface area (Å²) in [6.07, 6.45) is 3.17. The Kier molecular flexibility index (Phi) is 2.91. The van der Waals surface area contributed by atoms with E-state index in [1.807, 2.05) is 0 Å². The monoisotopic (exact) mass is 242 g/mol. The summed E-state index contributed by atoms with van der Waals surface area (Å²) in [4.78, 5) is 18.1. The van der Waals surface area contributed by atoms with Gasteiger partial charge in [-0.2, -0.15) is 4.98 Å². The van der Waals surface area contributed by atoms with Crippen LogP contribution in [0.4, 0.5) is 11.5 Å². The number of rotatable bonds is 3. The molecule has 0 unspecified atom stereocenters. The average molecular weight is 243 g/mol. The molecule has 86 valence electrons. The molecule has 0 bridgehead atoms. The zero-order valence-corrected chi connectivity index (χ0v) is 9.49. The summed E-state index contributed by atoms with van der Waals surface area (Å²) in [6, 6.07) is 0.268. The van der Waals surface area contributed by atoms with Crippen LogP contribution in [0, 0.1) is 17.0 Å². The highest BCUT2D eigenvalue weighted by atomic mass is 35.5. The first-order chi connectivity index (χ1) is 7.58. The number of nitrogens with one attached hydrogen (secondary N) is 1. The Bertz CT molecular complexity index is 434. The first kappa shape index (κ1) is 11.1. The molecule has 1 aromatic rings. The molecule has 0 radical (unpaired) electrons. The molecule has 2 rings (SSSR count). The van der Waals surface area contributed by atoms with Gasteiger partial charge in [0.05, 0.1) is 4.92 Å². The summed E-state index contributed by atoms with van der Waals surface area (Å²) >= 11 is 5.69. The van der Waals surface area contributed by atoms with E-state index in [-0.39, 0.29) is 28.5 Å². The van der Waals surface area contributed by atoms with Gasteiger partial charge in [0.2, 0.25) is 11.1 Å². The van der Waals surface area contributed by atoms with Crippen LogP contribution in [0.2, 0.25) is 5.28 Å². The molecule has 1 saturated carbocycles. The van der Waals surface area contributed by atoms with Gasteiger partial charge in [0.15, 0.2) is 0 Å². The van der Waals surface area contributed by atoms with Crippen LogP contribution in [0.5, 0.6) is 0 Å². The summed E-state index contributed by atoms with van der Waals surface area (Å²) < 4.78 is 0. The van der Waals surface area contributed by atoms with Gasteiger partial charge in [-0.05, 0) is 37.8 Å². The van der Waals surface area contributed by atoms with E-state index < -0.39 is 4.92 Å². The number of hydrogen-bond acceptors (Lipinski definition) is 5. The Morgan fingerprint density at radius 2 is 2.19 bits per heavy atom. The van der Waals surface area contributed by atoms with Crippen molar-refractivity contribution < 1.29 is 4.92 Å². The predicted octanol–water partition coefficient (Wildman–Crippen LogP) is 2.31. The number of aromatic nitrogens is 2. The molecule has 0 saturated heterocycles. The van der Waals surface area contributed by atoms with Crippen LogP contribution < -0.4 is 5.32 Å². The summed E-state index contributed by atoms with van der Waals surface area (Å²) in [5.41, 5.74) is 0.197. The third-order valence-corrected chi connectivity index (χ3v) is 2.83. The maximum Gasteiger partial charge on any atom is 0.332 e. The van der Waals surface area contributed by atoms with Crippen molar-refractivity contribution in [1.82, 2.24) is 9.97 Å². The molecule has 1 heterocycles. The van der Waals surface area contributed by atoms with Gasteiger partial charge < -0.3 is 5.32 Å². The van der Waals surface area contributed by atoms with Gasteiger partial charge in [-0.15, -0.1) is 0 Å². The number of nitrogens with zero attached hydrogens (tertiary/aromatic N) is 3. The van der Waals surface area contributed by atoms with Crippen LogP contribution in [0.1, 0.15) is 25.0 Å². The quantitative estimate of drug-likeness (QED) is 0.500. The smallest absolute Gasteiger partial charge is 0.332 e. The second-order valence-electron chi connectivity index (χ2n) is 3.80. The van der Waals surface area contributed by atoms with Gasteiger partial charge in [0.1, 0.15) is 5.69 Å². The van der Waals surface area contributed by atoms with E-state index in [0.29, 0.717) is 0 Å². The Hall–Kier alpha value is -1.43. The lowest BCUT2D eigenvalue weighted by Crippen LogP contribution is -2.28. The second-order valence-corrected chi connectivity index (χ2v) is 4.14. The molecule has 0 spiro atoms. The van der Waals surface area contributed by atoms with Crippen molar-refractivity contribution in [2.45, 2.75) is 32.2 Å². The predicted molar refractivity (Wildman–Crippen MR) is 59.7 cm³/mol. The minimum Gasteiger partial charge on any atom is -0.361 e. The molecular formula is C9H11ClN4O2. The lowest BCUT2D eigenvalue weighted by atomic mass is 9.93. The minimum atomic E-state index is -0.480. The molecule has 0 atom stereocenters. The first-order valence-corrected chi connectivity index (χ1v) is 5.41. The molecule has 1 aliphatic carbocycles. The van der Waals surface area contributed by atoms with Crippen LogP contribution in [0.15, 0.2) is 0 Å². The van der Waals surface area contributed by atoms with Crippen molar-refractivity contribution in [3.05, 3.63) is 21.1 Å². The lowest BCUT2D eigenvalue weighted by molar-refractivity contribution is -0.385. The van der Waals surface area contributed by atoms with E-state index in [1.165, 1.54) is 0 Å². The van der Waals surface area contributed by atoms with E-state index in [9.17, 15) is 10.1 Å². The standard InChI is InChI=1S/C9H11ClN4O2/c1-5-7(14(15)16)8(13-9(10)11-5)12-6-3-2-4-6/h6H,2-4H2,1H3,(H,11,12,13). The van der Waals surface area contributed by atoms with E-state index in [2.05, 4.69) is 15.3 Å². The van der Waals surface area contributed by atoms with Crippen LogP contribution in [-0.2, 0) is 0 Å². The Morgan fingerprint density at radius 1 is 1.50 bits per heavy atom. The number of hydrogen-bond donors (Lipinski definition) is 1. The minimum absolute atomic E-state index is 0.0323. The fourth-order valence-electron chi connectivity index (χ4n) is 1.60. The van der Waals surface area contributed by atoms with Crippen molar-refractivity contribution in [2.24, 2.45) is 0 Å². The second kappa shape index (κ2) is 4.21. The maximum absolute atomic E-state index is 10.9. The van der Waals surface area contributed by atoms with Gasteiger partial charge in [0, 0.05) is 6.04 Å². The molecular weight excluding hydrogens is 232 g/mol. The SMILES string of the molecule is Cc1nc(Cl)nc(NC2CCC2)c1[N+](=O)[O-]. The molecule has 7 heteroatoms. The van der Waals surface area contributed by atoms with Gasteiger partial charge in [-0.3, -0.25) is 10.1 Å². The Balaban J connectivity index is 2.35. The Labute approximate surface area is 97.2 Å². The fourth-order valence-corrected chi connectivity index (χ4v) is 1.81. The molecule has 1 aliphatic rings. The van der Waals surface area contributed by atoms with E-state index in [4.69, 9.17) is 11.6 Å². The van der Waals surface area contributed by atoms with Crippen molar-refractivity contribution in [1.29, 1.82) is 0 Å². The van der Waals surface area contributed by atoms with Crippen LogP contribution >= 0.6 is 11.6 Å². The van der Waals surface area contributed by atoms with Gasteiger partial charge in [-0.25, -0.2) is 4.98 Å². The molecule has 1 aromatic heterocycles. The maximum atomic E-state index is 10.9. The average Bonchev–Trinajstić information content (AvgIpc) is 2.09. The highest BCUT2D eigenvalue weighted by molar-refractivity contribution is 6.28. The number of anilines is 1. The highest BCUT2D eigenvalue weighted by Gasteiger charge is 2.26. The zero-order valence-electron chi connectivity index (χ0n) is 8.73. The summed E-state index contributed by atoms with van der Waals surface area (Å²) in [6.45, 7) is 1.55. The molecule has 0 aliphatic heterocycles. The normalized spacial score (nSPS) is 15.6. The first-order valence-electron chi connectivity index (χ1n) is 5.03. The molecule has 0 aromatic carbocycles. The summed E-state index contributed by atoms with van der Waals surface area (Å²) in [7, 11) is 0. The van der Waals surface area contributed by atoms with Gasteiger partial charge in [0.25, 0.3) is 0 Å². The third kappa shape index (κ3) is 2.06. The molecule has 0 amide bonds. The van der Waals surface area contributed by atoms with E-state index in [1.54, 1.807) is 6.92 Å². The number of aryl methyl sites for hydroxylation is 1. The molecule has 16 heavy (non-hydrogen) atoms. The molecule has 6 nitrogen and oxygen atoms in total. The number of nitro groups is 1. The van der Waals surface area contributed by atoms with Gasteiger partial charge in [-0.1, -0.05) is 0 Å². The zero-order chi connectivity index (χ0) is 11.7. The topological polar surface area (TPSA) is 81.0 Å². The molecule has 1 N–H and O–H groups in total. The molecule has 1 fully saturated rings. The fraction of sp³-hybridized carbons (Fsp3) is 0.556. The van der Waals surface area contributed by atoms with E-state index in [0.717, 1.165) is 19.3 Å². The largest absolute Gasteiger partial charge is 0.361 e. The van der Waals surface area contributed by atoms with Gasteiger partial charge >= 0.3 is 5.69 Å². The number of halogens is 1.